The lowest BCUT2D eigenvalue weighted by molar-refractivity contribution is -0.116. The van der Waals surface area contributed by atoms with Crippen LogP contribution in [0.2, 0.25) is 0 Å². The number of hydrogen-bond acceptors (Lipinski definition) is 2. The van der Waals surface area contributed by atoms with E-state index in [0.717, 1.165) is 28.4 Å². The Hall–Kier alpha value is -1.95. The van der Waals surface area contributed by atoms with Crippen molar-refractivity contribution in [1.29, 1.82) is 0 Å². The second kappa shape index (κ2) is 6.67. The Morgan fingerprint density at radius 1 is 1.14 bits per heavy atom. The molecule has 6 heteroatoms. The molecule has 0 aliphatic carbocycles. The molecule has 0 bridgehead atoms. The SMILES string of the molecule is C[C@H](Nc1ccc(Br)cc1)C(=O)Nc1cc(F)ccc1F. The summed E-state index contributed by atoms with van der Waals surface area (Å²) in [7, 11) is 0. The molecule has 2 aromatic carbocycles. The van der Waals surface area contributed by atoms with Crippen LogP contribution in [0.3, 0.4) is 0 Å². The number of hydrogen-bond donors (Lipinski definition) is 2. The summed E-state index contributed by atoms with van der Waals surface area (Å²) in [4.78, 5) is 12.0. The zero-order valence-electron chi connectivity index (χ0n) is 11.2. The van der Waals surface area contributed by atoms with Crippen LogP contribution >= 0.6 is 15.9 Å². The molecule has 2 rings (SSSR count). The molecule has 0 saturated carbocycles. The molecule has 21 heavy (non-hydrogen) atoms. The Balaban J connectivity index is 2.02. The number of carbonyl (C=O) groups is 1. The summed E-state index contributed by atoms with van der Waals surface area (Å²) in [6.45, 7) is 1.63. The lowest BCUT2D eigenvalue weighted by Crippen LogP contribution is -2.32. The largest absolute Gasteiger partial charge is 0.374 e. The first-order valence-corrected chi connectivity index (χ1v) is 7.03. The van der Waals surface area contributed by atoms with E-state index < -0.39 is 23.6 Å². The number of nitrogens with one attached hydrogen (secondary N) is 2. The Kier molecular flexibility index (Phi) is 4.90. The second-order valence-corrected chi connectivity index (χ2v) is 5.40. The summed E-state index contributed by atoms with van der Waals surface area (Å²) in [5.74, 6) is -1.75. The van der Waals surface area contributed by atoms with Gasteiger partial charge >= 0.3 is 0 Å². The quantitative estimate of drug-likeness (QED) is 0.865. The molecule has 0 spiro atoms. The molecular formula is C15H13BrF2N2O. The van der Waals surface area contributed by atoms with Crippen LogP contribution in [0.5, 0.6) is 0 Å². The van der Waals surface area contributed by atoms with Crippen LogP contribution in [0.25, 0.3) is 0 Å². The van der Waals surface area contributed by atoms with Crippen molar-refractivity contribution in [3.05, 3.63) is 58.6 Å². The molecule has 1 amide bonds. The van der Waals surface area contributed by atoms with Gasteiger partial charge in [0.1, 0.15) is 17.7 Å². The summed E-state index contributed by atoms with van der Waals surface area (Å²) in [6, 6.07) is 9.58. The van der Waals surface area contributed by atoms with Crippen LogP contribution in [0.4, 0.5) is 20.2 Å². The van der Waals surface area contributed by atoms with Crippen molar-refractivity contribution >= 4 is 33.2 Å². The summed E-state index contributed by atoms with van der Waals surface area (Å²) < 4.78 is 27.4. The summed E-state index contributed by atoms with van der Waals surface area (Å²) in [5, 5.41) is 5.33. The highest BCUT2D eigenvalue weighted by Crippen LogP contribution is 2.17. The molecule has 0 aromatic heterocycles. The summed E-state index contributed by atoms with van der Waals surface area (Å²) >= 11 is 3.32. The lowest BCUT2D eigenvalue weighted by Gasteiger charge is -2.15. The van der Waals surface area contributed by atoms with Gasteiger partial charge in [-0.05, 0) is 43.3 Å². The maximum atomic E-state index is 13.5. The minimum atomic E-state index is -0.680. The third kappa shape index (κ3) is 4.26. The fraction of sp³-hybridized carbons (Fsp3) is 0.133. The fourth-order valence-corrected chi connectivity index (χ4v) is 1.96. The maximum Gasteiger partial charge on any atom is 0.246 e. The molecule has 110 valence electrons. The van der Waals surface area contributed by atoms with Crippen molar-refractivity contribution in [1.82, 2.24) is 0 Å². The van der Waals surface area contributed by atoms with E-state index in [4.69, 9.17) is 0 Å². The minimum absolute atomic E-state index is 0.176. The maximum absolute atomic E-state index is 13.5. The highest BCUT2D eigenvalue weighted by atomic mass is 79.9. The Morgan fingerprint density at radius 3 is 2.48 bits per heavy atom. The molecule has 0 unspecified atom stereocenters. The van der Waals surface area contributed by atoms with Gasteiger partial charge in [0, 0.05) is 16.2 Å². The van der Waals surface area contributed by atoms with Gasteiger partial charge in [0.2, 0.25) is 5.91 Å². The molecule has 0 aliphatic heterocycles. The number of benzene rings is 2. The molecule has 3 nitrogen and oxygen atoms in total. The molecule has 2 N–H and O–H groups in total. The third-order valence-electron chi connectivity index (χ3n) is 2.81. The second-order valence-electron chi connectivity index (χ2n) is 4.49. The van der Waals surface area contributed by atoms with E-state index in [-0.39, 0.29) is 5.69 Å². The molecule has 0 fully saturated rings. The van der Waals surface area contributed by atoms with E-state index in [0.29, 0.717) is 0 Å². The van der Waals surface area contributed by atoms with E-state index >= 15 is 0 Å². The van der Waals surface area contributed by atoms with Gasteiger partial charge < -0.3 is 10.6 Å². The Labute approximate surface area is 129 Å². The van der Waals surface area contributed by atoms with Gasteiger partial charge in [0.15, 0.2) is 0 Å². The van der Waals surface area contributed by atoms with Gasteiger partial charge in [-0.3, -0.25) is 4.79 Å². The number of carbonyl (C=O) groups excluding carboxylic acids is 1. The monoisotopic (exact) mass is 354 g/mol. The highest BCUT2D eigenvalue weighted by molar-refractivity contribution is 9.10. The first-order chi connectivity index (χ1) is 9.95. The molecule has 0 heterocycles. The van der Waals surface area contributed by atoms with Crippen LogP contribution in [-0.4, -0.2) is 11.9 Å². The number of anilines is 2. The van der Waals surface area contributed by atoms with Crippen molar-refractivity contribution in [2.24, 2.45) is 0 Å². The fourth-order valence-electron chi connectivity index (χ4n) is 1.70. The van der Waals surface area contributed by atoms with Gasteiger partial charge in [-0.2, -0.15) is 0 Å². The van der Waals surface area contributed by atoms with Crippen molar-refractivity contribution in [3.8, 4) is 0 Å². The predicted molar refractivity (Wildman–Crippen MR) is 82.2 cm³/mol. The van der Waals surface area contributed by atoms with Crippen molar-refractivity contribution < 1.29 is 13.6 Å². The van der Waals surface area contributed by atoms with Gasteiger partial charge in [-0.15, -0.1) is 0 Å². The zero-order chi connectivity index (χ0) is 15.4. The normalized spacial score (nSPS) is 11.8. The lowest BCUT2D eigenvalue weighted by atomic mass is 10.2. The molecule has 0 radical (unpaired) electrons. The van der Waals surface area contributed by atoms with Crippen LogP contribution < -0.4 is 10.6 Å². The van der Waals surface area contributed by atoms with Crippen LogP contribution in [0.15, 0.2) is 46.9 Å². The van der Waals surface area contributed by atoms with Crippen LogP contribution in [0, 0.1) is 11.6 Å². The first-order valence-electron chi connectivity index (χ1n) is 6.24. The van der Waals surface area contributed by atoms with Crippen LogP contribution in [0.1, 0.15) is 6.92 Å². The minimum Gasteiger partial charge on any atom is -0.374 e. The average molecular weight is 355 g/mol. The van der Waals surface area contributed by atoms with Gasteiger partial charge in [-0.25, -0.2) is 8.78 Å². The van der Waals surface area contributed by atoms with Gasteiger partial charge in [0.25, 0.3) is 0 Å². The molecule has 0 aliphatic rings. The number of amides is 1. The van der Waals surface area contributed by atoms with Crippen LogP contribution in [-0.2, 0) is 4.79 Å². The molecular weight excluding hydrogens is 342 g/mol. The van der Waals surface area contributed by atoms with Gasteiger partial charge in [0.05, 0.1) is 5.69 Å². The summed E-state index contributed by atoms with van der Waals surface area (Å²) in [6.07, 6.45) is 0. The van der Waals surface area contributed by atoms with Crippen molar-refractivity contribution in [3.63, 3.8) is 0 Å². The number of rotatable bonds is 4. The van der Waals surface area contributed by atoms with E-state index in [2.05, 4.69) is 26.6 Å². The van der Waals surface area contributed by atoms with E-state index in [1.165, 1.54) is 0 Å². The van der Waals surface area contributed by atoms with Gasteiger partial charge in [-0.1, -0.05) is 15.9 Å². The van der Waals surface area contributed by atoms with E-state index in [1.54, 1.807) is 19.1 Å². The van der Waals surface area contributed by atoms with Crippen molar-refractivity contribution in [2.45, 2.75) is 13.0 Å². The first kappa shape index (κ1) is 15.4. The predicted octanol–water partition coefficient (Wildman–Crippen LogP) is 4.17. The summed E-state index contributed by atoms with van der Waals surface area (Å²) in [5.41, 5.74) is 0.574. The average Bonchev–Trinajstić information content (AvgIpc) is 2.45. The third-order valence-corrected chi connectivity index (χ3v) is 3.34. The highest BCUT2D eigenvalue weighted by Gasteiger charge is 2.15. The molecule has 1 atom stereocenters. The topological polar surface area (TPSA) is 41.1 Å². The van der Waals surface area contributed by atoms with E-state index in [9.17, 15) is 13.6 Å². The van der Waals surface area contributed by atoms with E-state index in [1.807, 2.05) is 12.1 Å². The molecule has 0 saturated heterocycles. The smallest absolute Gasteiger partial charge is 0.246 e. The Morgan fingerprint density at radius 2 is 1.81 bits per heavy atom. The molecule has 2 aromatic rings. The van der Waals surface area contributed by atoms with Crippen molar-refractivity contribution in [2.75, 3.05) is 10.6 Å². The number of halogens is 3. The zero-order valence-corrected chi connectivity index (χ0v) is 12.7. The Bertz CT molecular complexity index is 647. The standard InChI is InChI=1S/C15H13BrF2N2O/c1-9(19-12-5-2-10(16)3-6-12)15(21)20-14-8-11(17)4-7-13(14)18/h2-9,19H,1H3,(H,20,21)/t9-/m0/s1.